The number of likely N-dealkylation sites (N-methyl/N-ethyl adjacent to an activating group) is 1. The zero-order chi connectivity index (χ0) is 13.0. The van der Waals surface area contributed by atoms with Crippen LogP contribution >= 0.6 is 0 Å². The van der Waals surface area contributed by atoms with E-state index in [-0.39, 0.29) is 17.9 Å². The third-order valence-electron chi connectivity index (χ3n) is 4.03. The maximum Gasteiger partial charge on any atom is 0.225 e. The van der Waals surface area contributed by atoms with E-state index in [0.29, 0.717) is 18.5 Å². The topological polar surface area (TPSA) is 58.4 Å². The summed E-state index contributed by atoms with van der Waals surface area (Å²) in [6.45, 7) is 4.94. The molecule has 0 bridgehead atoms. The van der Waals surface area contributed by atoms with Crippen molar-refractivity contribution in [3.63, 3.8) is 0 Å². The second-order valence-electron chi connectivity index (χ2n) is 5.66. The minimum atomic E-state index is -0.00175. The van der Waals surface area contributed by atoms with E-state index in [1.807, 2.05) is 14.1 Å². The Balaban J connectivity index is 2.45. The zero-order valence-electron chi connectivity index (χ0n) is 11.6. The van der Waals surface area contributed by atoms with Gasteiger partial charge in [0.25, 0.3) is 0 Å². The molecule has 0 aromatic rings. The number of carbonyl (C=O) groups is 1. The van der Waals surface area contributed by atoms with Gasteiger partial charge in [0.2, 0.25) is 5.91 Å². The molecule has 1 amide bonds. The normalized spacial score (nSPS) is 31.3. The molecule has 1 aliphatic carbocycles. The van der Waals surface area contributed by atoms with Crippen LogP contribution in [0.2, 0.25) is 0 Å². The van der Waals surface area contributed by atoms with E-state index >= 15 is 0 Å². The van der Waals surface area contributed by atoms with Gasteiger partial charge < -0.3 is 16.0 Å². The summed E-state index contributed by atoms with van der Waals surface area (Å²) in [6, 6.07) is 0.391. The smallest absolute Gasteiger partial charge is 0.225 e. The summed E-state index contributed by atoms with van der Waals surface area (Å²) in [6.07, 6.45) is 3.25. The van der Waals surface area contributed by atoms with Gasteiger partial charge >= 0.3 is 0 Å². The molecule has 0 radical (unpaired) electrons. The molecule has 0 heterocycles. The lowest BCUT2D eigenvalue weighted by Gasteiger charge is -2.33. The lowest BCUT2D eigenvalue weighted by atomic mass is 9.76. The van der Waals surface area contributed by atoms with Crippen molar-refractivity contribution < 1.29 is 4.79 Å². The molecule has 1 saturated carbocycles. The van der Waals surface area contributed by atoms with Crippen LogP contribution in [0.15, 0.2) is 0 Å². The van der Waals surface area contributed by atoms with Crippen molar-refractivity contribution in [2.75, 3.05) is 20.6 Å². The molecule has 0 saturated heterocycles. The Morgan fingerprint density at radius 2 is 2.12 bits per heavy atom. The molecule has 1 rings (SSSR count). The second kappa shape index (κ2) is 6.36. The number of hydrogen-bond acceptors (Lipinski definition) is 3. The van der Waals surface area contributed by atoms with Gasteiger partial charge in [-0.15, -0.1) is 0 Å². The molecule has 100 valence electrons. The van der Waals surface area contributed by atoms with Crippen LogP contribution in [0.5, 0.6) is 0 Å². The van der Waals surface area contributed by atoms with Crippen LogP contribution < -0.4 is 11.1 Å². The number of nitrogens with one attached hydrogen (secondary N) is 1. The fraction of sp³-hybridized carbons (Fsp3) is 0.923. The van der Waals surface area contributed by atoms with Crippen molar-refractivity contribution >= 4 is 5.91 Å². The first kappa shape index (κ1) is 14.5. The number of hydrogen-bond donors (Lipinski definition) is 2. The summed E-state index contributed by atoms with van der Waals surface area (Å²) in [7, 11) is 4.04. The lowest BCUT2D eigenvalue weighted by molar-refractivity contribution is -0.128. The lowest BCUT2D eigenvalue weighted by Crippen LogP contribution is -2.49. The van der Waals surface area contributed by atoms with Crippen molar-refractivity contribution in [2.24, 2.45) is 17.6 Å². The maximum atomic E-state index is 12.1. The molecule has 4 heteroatoms. The van der Waals surface area contributed by atoms with Gasteiger partial charge in [-0.2, -0.15) is 0 Å². The molecule has 17 heavy (non-hydrogen) atoms. The SMILES string of the molecule is CC1CCCC(N)C1C(=O)NCC(C)N(C)C. The summed E-state index contributed by atoms with van der Waals surface area (Å²) in [4.78, 5) is 14.2. The van der Waals surface area contributed by atoms with Gasteiger partial charge in [0.1, 0.15) is 0 Å². The first-order valence-corrected chi connectivity index (χ1v) is 6.63. The molecule has 1 aliphatic rings. The Hall–Kier alpha value is -0.610. The third-order valence-corrected chi connectivity index (χ3v) is 4.03. The average molecular weight is 241 g/mol. The van der Waals surface area contributed by atoms with Crippen LogP contribution in [0, 0.1) is 11.8 Å². The summed E-state index contributed by atoms with van der Waals surface area (Å²) in [5.41, 5.74) is 6.07. The van der Waals surface area contributed by atoms with Gasteiger partial charge in [0.15, 0.2) is 0 Å². The van der Waals surface area contributed by atoms with Gasteiger partial charge in [0.05, 0.1) is 5.92 Å². The van der Waals surface area contributed by atoms with E-state index in [1.54, 1.807) is 0 Å². The Morgan fingerprint density at radius 1 is 1.47 bits per heavy atom. The monoisotopic (exact) mass is 241 g/mol. The molecule has 0 aromatic carbocycles. The van der Waals surface area contributed by atoms with Crippen LogP contribution in [-0.4, -0.2) is 43.5 Å². The van der Waals surface area contributed by atoms with E-state index < -0.39 is 0 Å². The third kappa shape index (κ3) is 3.96. The molecule has 0 spiro atoms. The van der Waals surface area contributed by atoms with Gasteiger partial charge in [-0.25, -0.2) is 0 Å². The predicted octanol–water partition coefficient (Wildman–Crippen LogP) is 0.816. The fourth-order valence-corrected chi connectivity index (χ4v) is 2.46. The summed E-state index contributed by atoms with van der Waals surface area (Å²) in [5, 5.41) is 3.03. The Kier molecular flexibility index (Phi) is 5.40. The van der Waals surface area contributed by atoms with Gasteiger partial charge in [-0.05, 0) is 39.8 Å². The highest BCUT2D eigenvalue weighted by molar-refractivity contribution is 5.79. The minimum Gasteiger partial charge on any atom is -0.354 e. The van der Waals surface area contributed by atoms with Gasteiger partial charge in [-0.3, -0.25) is 4.79 Å². The molecule has 4 unspecified atom stereocenters. The van der Waals surface area contributed by atoms with Crippen LogP contribution in [0.1, 0.15) is 33.1 Å². The number of nitrogens with two attached hydrogens (primary N) is 1. The highest BCUT2D eigenvalue weighted by atomic mass is 16.1. The van der Waals surface area contributed by atoms with Crippen molar-refractivity contribution in [2.45, 2.75) is 45.2 Å². The summed E-state index contributed by atoms with van der Waals surface area (Å²) >= 11 is 0. The molecule has 1 fully saturated rings. The van der Waals surface area contributed by atoms with Crippen LogP contribution in [0.3, 0.4) is 0 Å². The van der Waals surface area contributed by atoms with Crippen molar-refractivity contribution in [3.05, 3.63) is 0 Å². The Morgan fingerprint density at radius 3 is 2.65 bits per heavy atom. The van der Waals surface area contributed by atoms with Crippen LogP contribution in [-0.2, 0) is 4.79 Å². The molecule has 0 aliphatic heterocycles. The van der Waals surface area contributed by atoms with E-state index in [9.17, 15) is 4.79 Å². The van der Waals surface area contributed by atoms with Crippen molar-refractivity contribution in [1.82, 2.24) is 10.2 Å². The quantitative estimate of drug-likeness (QED) is 0.766. The molecule has 0 aromatic heterocycles. The predicted molar refractivity (Wildman–Crippen MR) is 70.6 cm³/mol. The first-order chi connectivity index (χ1) is 7.93. The van der Waals surface area contributed by atoms with E-state index in [0.717, 1.165) is 19.3 Å². The molecular weight excluding hydrogens is 214 g/mol. The molecule has 3 N–H and O–H groups in total. The van der Waals surface area contributed by atoms with Crippen molar-refractivity contribution in [3.8, 4) is 0 Å². The van der Waals surface area contributed by atoms with E-state index in [4.69, 9.17) is 5.73 Å². The maximum absolute atomic E-state index is 12.1. The van der Waals surface area contributed by atoms with Crippen LogP contribution in [0.4, 0.5) is 0 Å². The summed E-state index contributed by atoms with van der Waals surface area (Å²) in [5.74, 6) is 0.546. The Bertz CT molecular complexity index is 245. The molecule has 4 atom stereocenters. The number of rotatable bonds is 4. The average Bonchev–Trinajstić information content (AvgIpc) is 2.25. The molecular formula is C13H27N3O. The van der Waals surface area contributed by atoms with Gasteiger partial charge in [0, 0.05) is 18.6 Å². The van der Waals surface area contributed by atoms with Gasteiger partial charge in [-0.1, -0.05) is 13.3 Å². The fourth-order valence-electron chi connectivity index (χ4n) is 2.46. The number of amides is 1. The largest absolute Gasteiger partial charge is 0.354 e. The Labute approximate surface area is 105 Å². The standard InChI is InChI=1S/C13H27N3O/c1-9-6-5-7-11(14)12(9)13(17)15-8-10(2)16(3)4/h9-12H,5-8,14H2,1-4H3,(H,15,17). The first-order valence-electron chi connectivity index (χ1n) is 6.63. The highest BCUT2D eigenvalue weighted by Crippen LogP contribution is 2.28. The molecule has 4 nitrogen and oxygen atoms in total. The summed E-state index contributed by atoms with van der Waals surface area (Å²) < 4.78 is 0. The van der Waals surface area contributed by atoms with Crippen molar-refractivity contribution in [1.29, 1.82) is 0 Å². The second-order valence-corrected chi connectivity index (χ2v) is 5.66. The van der Waals surface area contributed by atoms with E-state index in [2.05, 4.69) is 24.1 Å². The highest BCUT2D eigenvalue weighted by Gasteiger charge is 2.33. The zero-order valence-corrected chi connectivity index (χ0v) is 11.6. The van der Waals surface area contributed by atoms with Crippen LogP contribution in [0.25, 0.3) is 0 Å². The number of nitrogens with zero attached hydrogens (tertiary/aromatic N) is 1. The van der Waals surface area contributed by atoms with E-state index in [1.165, 1.54) is 0 Å². The minimum absolute atomic E-state index is 0.00175. The number of carbonyl (C=O) groups excluding carboxylic acids is 1.